The third kappa shape index (κ3) is 3.71. The Bertz CT molecular complexity index is 843. The maximum Gasteiger partial charge on any atom is 0.254 e. The normalized spacial score (nSPS) is 10.5. The van der Waals surface area contributed by atoms with Crippen LogP contribution in [0.1, 0.15) is 12.7 Å². The molecule has 0 fully saturated rings. The maximum absolute atomic E-state index is 12.5. The summed E-state index contributed by atoms with van der Waals surface area (Å²) in [7, 11) is 0. The van der Waals surface area contributed by atoms with E-state index < -0.39 is 0 Å². The topological polar surface area (TPSA) is 44.1 Å². The molecule has 0 unspecified atom stereocenters. The van der Waals surface area contributed by atoms with Crippen LogP contribution in [0.25, 0.3) is 11.3 Å². The molecule has 0 aliphatic heterocycles. The van der Waals surface area contributed by atoms with Gasteiger partial charge in [-0.2, -0.15) is 0 Å². The minimum absolute atomic E-state index is 0.0441. The van der Waals surface area contributed by atoms with Crippen molar-refractivity contribution in [1.29, 1.82) is 0 Å². The SMILES string of the molecule is CCc1nc(-c2ccccc2)cc(=O)n1CCOc1ccccc1. The first-order valence-corrected chi connectivity index (χ1v) is 8.12. The average Bonchev–Trinajstić information content (AvgIpc) is 2.64. The summed E-state index contributed by atoms with van der Waals surface area (Å²) in [5.41, 5.74) is 1.63. The van der Waals surface area contributed by atoms with E-state index in [1.807, 2.05) is 67.6 Å². The van der Waals surface area contributed by atoms with E-state index in [1.54, 1.807) is 10.6 Å². The zero-order valence-corrected chi connectivity index (χ0v) is 13.7. The number of para-hydroxylation sites is 1. The van der Waals surface area contributed by atoms with Crippen molar-refractivity contribution in [2.24, 2.45) is 0 Å². The lowest BCUT2D eigenvalue weighted by molar-refractivity contribution is 0.293. The van der Waals surface area contributed by atoms with Crippen LogP contribution in [0.3, 0.4) is 0 Å². The lowest BCUT2D eigenvalue weighted by Gasteiger charge is -2.13. The molecule has 4 nitrogen and oxygen atoms in total. The molecule has 0 spiro atoms. The Morgan fingerprint density at radius 1 is 1.00 bits per heavy atom. The number of nitrogens with zero attached hydrogens (tertiary/aromatic N) is 2. The van der Waals surface area contributed by atoms with Crippen molar-refractivity contribution in [2.45, 2.75) is 19.9 Å². The summed E-state index contributed by atoms with van der Waals surface area (Å²) >= 11 is 0. The summed E-state index contributed by atoms with van der Waals surface area (Å²) in [6.07, 6.45) is 0.696. The van der Waals surface area contributed by atoms with Gasteiger partial charge >= 0.3 is 0 Å². The van der Waals surface area contributed by atoms with Crippen LogP contribution in [-0.2, 0) is 13.0 Å². The van der Waals surface area contributed by atoms with Crippen LogP contribution < -0.4 is 10.3 Å². The first-order valence-electron chi connectivity index (χ1n) is 8.12. The third-order valence-corrected chi connectivity index (χ3v) is 3.80. The van der Waals surface area contributed by atoms with Gasteiger partial charge in [0.1, 0.15) is 18.2 Å². The summed E-state index contributed by atoms with van der Waals surface area (Å²) in [4.78, 5) is 17.2. The molecule has 0 amide bonds. The molecule has 3 rings (SSSR count). The molecule has 0 atom stereocenters. The van der Waals surface area contributed by atoms with Gasteiger partial charge in [-0.15, -0.1) is 0 Å². The Labute approximate surface area is 141 Å². The second-order valence-electron chi connectivity index (χ2n) is 5.43. The predicted octanol–water partition coefficient (Wildman–Crippen LogP) is 3.55. The minimum Gasteiger partial charge on any atom is -0.492 e. The highest BCUT2D eigenvalue weighted by atomic mass is 16.5. The van der Waals surface area contributed by atoms with E-state index in [1.165, 1.54) is 0 Å². The van der Waals surface area contributed by atoms with Gasteiger partial charge in [0, 0.05) is 18.1 Å². The average molecular weight is 320 g/mol. The molecule has 0 radical (unpaired) electrons. The highest BCUT2D eigenvalue weighted by Gasteiger charge is 2.09. The molecular weight excluding hydrogens is 300 g/mol. The number of aryl methyl sites for hydroxylation is 1. The number of hydrogen-bond acceptors (Lipinski definition) is 3. The van der Waals surface area contributed by atoms with Crippen LogP contribution in [0.15, 0.2) is 71.5 Å². The largest absolute Gasteiger partial charge is 0.492 e. The Morgan fingerprint density at radius 2 is 1.67 bits per heavy atom. The van der Waals surface area contributed by atoms with Gasteiger partial charge in [-0.25, -0.2) is 4.98 Å². The van der Waals surface area contributed by atoms with Gasteiger partial charge in [0.15, 0.2) is 0 Å². The number of aromatic nitrogens is 2. The van der Waals surface area contributed by atoms with Crippen molar-refractivity contribution in [2.75, 3.05) is 6.61 Å². The monoisotopic (exact) mass is 320 g/mol. The predicted molar refractivity (Wildman–Crippen MR) is 95.2 cm³/mol. The quantitative estimate of drug-likeness (QED) is 0.697. The van der Waals surface area contributed by atoms with Crippen molar-refractivity contribution >= 4 is 0 Å². The molecule has 0 aliphatic carbocycles. The zero-order chi connectivity index (χ0) is 16.8. The third-order valence-electron chi connectivity index (χ3n) is 3.80. The fraction of sp³-hybridized carbons (Fsp3) is 0.200. The van der Waals surface area contributed by atoms with Crippen molar-refractivity contribution in [3.63, 3.8) is 0 Å². The lowest BCUT2D eigenvalue weighted by atomic mass is 10.1. The van der Waals surface area contributed by atoms with Gasteiger partial charge in [0.05, 0.1) is 12.2 Å². The second kappa shape index (κ2) is 7.59. The van der Waals surface area contributed by atoms with Gasteiger partial charge in [-0.1, -0.05) is 55.5 Å². The van der Waals surface area contributed by atoms with Gasteiger partial charge in [-0.3, -0.25) is 9.36 Å². The van der Waals surface area contributed by atoms with Crippen molar-refractivity contribution in [3.05, 3.63) is 82.9 Å². The minimum atomic E-state index is -0.0441. The number of benzene rings is 2. The van der Waals surface area contributed by atoms with E-state index in [4.69, 9.17) is 4.74 Å². The molecule has 0 aliphatic rings. The zero-order valence-electron chi connectivity index (χ0n) is 13.7. The van der Waals surface area contributed by atoms with Crippen LogP contribution >= 0.6 is 0 Å². The van der Waals surface area contributed by atoms with Crippen LogP contribution in [0, 0.1) is 0 Å². The molecule has 3 aromatic rings. The molecule has 1 aromatic heterocycles. The molecule has 0 bridgehead atoms. The highest BCUT2D eigenvalue weighted by Crippen LogP contribution is 2.15. The van der Waals surface area contributed by atoms with Crippen LogP contribution in [0.2, 0.25) is 0 Å². The number of ether oxygens (including phenoxy) is 1. The van der Waals surface area contributed by atoms with Gasteiger partial charge in [0.2, 0.25) is 0 Å². The lowest BCUT2D eigenvalue weighted by Crippen LogP contribution is -2.27. The standard InChI is InChI=1S/C20H20N2O2/c1-2-19-21-18(16-9-5-3-6-10-16)15-20(23)22(19)13-14-24-17-11-7-4-8-12-17/h3-12,15H,2,13-14H2,1H3. The van der Waals surface area contributed by atoms with Crippen LogP contribution in [0.5, 0.6) is 5.75 Å². The smallest absolute Gasteiger partial charge is 0.254 e. The summed E-state index contributed by atoms with van der Waals surface area (Å²) in [6, 6.07) is 21.0. The number of hydrogen-bond donors (Lipinski definition) is 0. The summed E-state index contributed by atoms with van der Waals surface area (Å²) in [5, 5.41) is 0. The molecule has 0 saturated carbocycles. The van der Waals surface area contributed by atoms with Crippen LogP contribution in [0.4, 0.5) is 0 Å². The van der Waals surface area contributed by atoms with Crippen molar-refractivity contribution < 1.29 is 4.74 Å². The maximum atomic E-state index is 12.5. The highest BCUT2D eigenvalue weighted by molar-refractivity contribution is 5.58. The van der Waals surface area contributed by atoms with E-state index in [-0.39, 0.29) is 5.56 Å². The van der Waals surface area contributed by atoms with Crippen molar-refractivity contribution in [1.82, 2.24) is 9.55 Å². The summed E-state index contributed by atoms with van der Waals surface area (Å²) in [6.45, 7) is 2.92. The van der Waals surface area contributed by atoms with E-state index in [9.17, 15) is 4.79 Å². The van der Waals surface area contributed by atoms with E-state index >= 15 is 0 Å². The van der Waals surface area contributed by atoms with E-state index in [0.29, 0.717) is 19.6 Å². The van der Waals surface area contributed by atoms with Crippen molar-refractivity contribution in [3.8, 4) is 17.0 Å². The molecular formula is C20H20N2O2. The molecule has 24 heavy (non-hydrogen) atoms. The second-order valence-corrected chi connectivity index (χ2v) is 5.43. The molecule has 2 aromatic carbocycles. The Kier molecular flexibility index (Phi) is 5.06. The molecule has 0 N–H and O–H groups in total. The first-order chi connectivity index (χ1) is 11.8. The van der Waals surface area contributed by atoms with Gasteiger partial charge < -0.3 is 4.74 Å². The Hall–Kier alpha value is -2.88. The fourth-order valence-electron chi connectivity index (χ4n) is 2.59. The molecule has 1 heterocycles. The van der Waals surface area contributed by atoms with E-state index in [2.05, 4.69) is 4.98 Å². The first kappa shape index (κ1) is 16.0. The summed E-state index contributed by atoms with van der Waals surface area (Å²) < 4.78 is 7.38. The molecule has 122 valence electrons. The summed E-state index contributed by atoms with van der Waals surface area (Å²) in [5.74, 6) is 1.58. The molecule has 0 saturated heterocycles. The van der Waals surface area contributed by atoms with E-state index in [0.717, 1.165) is 22.8 Å². The van der Waals surface area contributed by atoms with Crippen LogP contribution in [-0.4, -0.2) is 16.2 Å². The Balaban J connectivity index is 1.79. The molecule has 4 heteroatoms. The Morgan fingerprint density at radius 3 is 2.33 bits per heavy atom. The van der Waals surface area contributed by atoms with Gasteiger partial charge in [0.25, 0.3) is 5.56 Å². The number of rotatable bonds is 6. The van der Waals surface area contributed by atoms with Gasteiger partial charge in [-0.05, 0) is 12.1 Å². The fourth-order valence-corrected chi connectivity index (χ4v) is 2.59.